The second-order valence-electron chi connectivity index (χ2n) is 4.00. The van der Waals surface area contributed by atoms with E-state index >= 15 is 0 Å². The molecule has 6 heteroatoms. The predicted molar refractivity (Wildman–Crippen MR) is 59.3 cm³/mol. The van der Waals surface area contributed by atoms with E-state index in [0.29, 0.717) is 0 Å². The van der Waals surface area contributed by atoms with E-state index < -0.39 is 10.0 Å². The Morgan fingerprint density at radius 1 is 1.33 bits per heavy atom. The first-order valence-electron chi connectivity index (χ1n) is 5.20. The van der Waals surface area contributed by atoms with E-state index in [-0.39, 0.29) is 24.4 Å². The fraction of sp³-hybridized carbons (Fsp3) is 1.00. The molecule has 0 aliphatic carbocycles. The molecule has 0 saturated carbocycles. The molecule has 1 N–H and O–H groups in total. The molecular weight excluding hydrogens is 216 g/mol. The largest absolute Gasteiger partial charge is 0.384 e. The molecule has 1 aliphatic heterocycles. The van der Waals surface area contributed by atoms with E-state index in [4.69, 9.17) is 4.74 Å². The van der Waals surface area contributed by atoms with Gasteiger partial charge in [0.05, 0.1) is 12.4 Å². The normalized spacial score (nSPS) is 29.3. The van der Waals surface area contributed by atoms with Crippen molar-refractivity contribution in [1.82, 2.24) is 9.62 Å². The summed E-state index contributed by atoms with van der Waals surface area (Å²) in [6.45, 7) is 5.54. The average molecular weight is 236 g/mol. The van der Waals surface area contributed by atoms with Crippen LogP contribution in [0.4, 0.5) is 0 Å². The predicted octanol–water partition coefficient (Wildman–Crippen LogP) is -0.355. The van der Waals surface area contributed by atoms with Crippen LogP contribution in [0.25, 0.3) is 0 Å². The Morgan fingerprint density at radius 3 is 2.33 bits per heavy atom. The highest BCUT2D eigenvalue weighted by molar-refractivity contribution is 7.89. The Morgan fingerprint density at radius 2 is 1.87 bits per heavy atom. The van der Waals surface area contributed by atoms with Gasteiger partial charge in [0.25, 0.3) is 0 Å². The average Bonchev–Trinajstić information content (AvgIpc) is 2.14. The van der Waals surface area contributed by atoms with Crippen LogP contribution in [0.2, 0.25) is 0 Å². The van der Waals surface area contributed by atoms with Gasteiger partial charge in [-0.2, -0.15) is 4.31 Å². The van der Waals surface area contributed by atoms with Crippen molar-refractivity contribution in [3.8, 4) is 0 Å². The van der Waals surface area contributed by atoms with Crippen LogP contribution in [0.15, 0.2) is 0 Å². The fourth-order valence-corrected chi connectivity index (χ4v) is 3.79. The van der Waals surface area contributed by atoms with Crippen LogP contribution in [0.5, 0.6) is 0 Å². The molecule has 1 aliphatic rings. The maximum atomic E-state index is 12.0. The van der Waals surface area contributed by atoms with Crippen molar-refractivity contribution in [2.45, 2.75) is 25.9 Å². The lowest BCUT2D eigenvalue weighted by Crippen LogP contribution is -2.57. The summed E-state index contributed by atoms with van der Waals surface area (Å²) in [6.07, 6.45) is 0. The highest BCUT2D eigenvalue weighted by Gasteiger charge is 2.33. The van der Waals surface area contributed by atoms with Crippen molar-refractivity contribution in [2.24, 2.45) is 0 Å². The summed E-state index contributed by atoms with van der Waals surface area (Å²) in [5, 5.41) is 3.21. The summed E-state index contributed by atoms with van der Waals surface area (Å²) < 4.78 is 30.4. The minimum Gasteiger partial charge on any atom is -0.384 e. The lowest BCUT2D eigenvalue weighted by Gasteiger charge is -2.38. The molecule has 0 aromatic carbocycles. The van der Waals surface area contributed by atoms with Crippen molar-refractivity contribution in [3.05, 3.63) is 0 Å². The van der Waals surface area contributed by atoms with Crippen LogP contribution in [-0.2, 0) is 14.8 Å². The van der Waals surface area contributed by atoms with Gasteiger partial charge in [0.2, 0.25) is 10.0 Å². The van der Waals surface area contributed by atoms with Gasteiger partial charge in [-0.25, -0.2) is 8.42 Å². The number of hydrogen-bond donors (Lipinski definition) is 1. The molecule has 2 unspecified atom stereocenters. The van der Waals surface area contributed by atoms with Crippen molar-refractivity contribution in [2.75, 3.05) is 32.6 Å². The number of nitrogens with one attached hydrogen (secondary N) is 1. The van der Waals surface area contributed by atoms with E-state index in [0.717, 1.165) is 13.1 Å². The number of nitrogens with zero attached hydrogens (tertiary/aromatic N) is 1. The highest BCUT2D eigenvalue weighted by Crippen LogP contribution is 2.15. The monoisotopic (exact) mass is 236 g/mol. The van der Waals surface area contributed by atoms with E-state index in [1.807, 2.05) is 13.8 Å². The number of methoxy groups -OCH3 is 1. The minimum atomic E-state index is -3.18. The summed E-state index contributed by atoms with van der Waals surface area (Å²) >= 11 is 0. The molecule has 0 bridgehead atoms. The summed E-state index contributed by atoms with van der Waals surface area (Å²) in [5.41, 5.74) is 0. The Hall–Kier alpha value is -0.170. The molecule has 1 heterocycles. The lowest BCUT2D eigenvalue weighted by atomic mass is 10.2. The topological polar surface area (TPSA) is 58.6 Å². The molecule has 15 heavy (non-hydrogen) atoms. The molecule has 90 valence electrons. The second kappa shape index (κ2) is 5.25. The van der Waals surface area contributed by atoms with Gasteiger partial charge in [-0.15, -0.1) is 0 Å². The maximum absolute atomic E-state index is 12.0. The zero-order chi connectivity index (χ0) is 11.5. The summed E-state index contributed by atoms with van der Waals surface area (Å²) in [7, 11) is -1.66. The Balaban J connectivity index is 2.74. The molecule has 0 aromatic rings. The van der Waals surface area contributed by atoms with Crippen LogP contribution >= 0.6 is 0 Å². The first-order chi connectivity index (χ1) is 6.99. The number of hydrogen-bond acceptors (Lipinski definition) is 4. The van der Waals surface area contributed by atoms with Crippen LogP contribution in [0.1, 0.15) is 13.8 Å². The van der Waals surface area contributed by atoms with E-state index in [9.17, 15) is 8.42 Å². The summed E-state index contributed by atoms with van der Waals surface area (Å²) in [6, 6.07) is 0.0474. The fourth-order valence-electron chi connectivity index (χ4n) is 1.96. The van der Waals surface area contributed by atoms with E-state index in [1.165, 1.54) is 7.11 Å². The minimum absolute atomic E-state index is 0.0237. The molecule has 5 nitrogen and oxygen atoms in total. The molecular formula is C9H20N2O3S. The van der Waals surface area contributed by atoms with Gasteiger partial charge >= 0.3 is 0 Å². The molecule has 0 radical (unpaired) electrons. The van der Waals surface area contributed by atoms with Gasteiger partial charge in [-0.05, 0) is 13.8 Å². The van der Waals surface area contributed by atoms with E-state index in [1.54, 1.807) is 4.31 Å². The van der Waals surface area contributed by atoms with Gasteiger partial charge in [0, 0.05) is 32.3 Å². The molecule has 0 amide bonds. The van der Waals surface area contributed by atoms with Crippen molar-refractivity contribution in [3.63, 3.8) is 0 Å². The van der Waals surface area contributed by atoms with Gasteiger partial charge in [-0.1, -0.05) is 0 Å². The van der Waals surface area contributed by atoms with Gasteiger partial charge in [0.1, 0.15) is 0 Å². The third-order valence-corrected chi connectivity index (χ3v) is 4.66. The standard InChI is InChI=1S/C9H20N2O3S/c1-8-6-10-7-9(2)11(8)15(12,13)5-4-14-3/h8-10H,4-7H2,1-3H3. The lowest BCUT2D eigenvalue weighted by molar-refractivity contribution is 0.201. The first kappa shape index (κ1) is 12.9. The SMILES string of the molecule is COCCS(=O)(=O)N1C(C)CNCC1C. The van der Waals surface area contributed by atoms with Crippen molar-refractivity contribution < 1.29 is 13.2 Å². The molecule has 0 aromatic heterocycles. The zero-order valence-electron chi connectivity index (χ0n) is 9.56. The van der Waals surface area contributed by atoms with Crippen molar-refractivity contribution >= 4 is 10.0 Å². The maximum Gasteiger partial charge on any atom is 0.216 e. The molecule has 0 spiro atoms. The van der Waals surface area contributed by atoms with Gasteiger partial charge < -0.3 is 10.1 Å². The quantitative estimate of drug-likeness (QED) is 0.724. The number of piperazine rings is 1. The van der Waals surface area contributed by atoms with Crippen LogP contribution in [0, 0.1) is 0 Å². The number of sulfonamides is 1. The van der Waals surface area contributed by atoms with Gasteiger partial charge in [-0.3, -0.25) is 0 Å². The molecule has 1 saturated heterocycles. The first-order valence-corrected chi connectivity index (χ1v) is 6.81. The smallest absolute Gasteiger partial charge is 0.216 e. The number of rotatable bonds is 4. The summed E-state index contributed by atoms with van der Waals surface area (Å²) in [4.78, 5) is 0. The van der Waals surface area contributed by atoms with Crippen LogP contribution < -0.4 is 5.32 Å². The zero-order valence-corrected chi connectivity index (χ0v) is 10.4. The highest BCUT2D eigenvalue weighted by atomic mass is 32.2. The molecule has 2 atom stereocenters. The Labute approximate surface area is 91.8 Å². The third kappa shape index (κ3) is 3.14. The van der Waals surface area contributed by atoms with Crippen LogP contribution in [0.3, 0.4) is 0 Å². The van der Waals surface area contributed by atoms with Gasteiger partial charge in [0.15, 0.2) is 0 Å². The second-order valence-corrected chi connectivity index (χ2v) is 5.99. The number of ether oxygens (including phenoxy) is 1. The Bertz CT molecular complexity index is 282. The third-order valence-electron chi connectivity index (χ3n) is 2.61. The summed E-state index contributed by atoms with van der Waals surface area (Å²) in [5.74, 6) is 0.0676. The molecule has 1 fully saturated rings. The molecule has 1 rings (SSSR count). The van der Waals surface area contributed by atoms with Crippen molar-refractivity contribution in [1.29, 1.82) is 0 Å². The Kier molecular flexibility index (Phi) is 4.51. The van der Waals surface area contributed by atoms with Crippen LogP contribution in [-0.4, -0.2) is 57.4 Å². The van der Waals surface area contributed by atoms with E-state index in [2.05, 4.69) is 5.32 Å².